The zero-order valence-corrected chi connectivity index (χ0v) is 23.3. The maximum absolute atomic E-state index is 13.8. The molecule has 9 heteroatoms. The van der Waals surface area contributed by atoms with Crippen LogP contribution in [0.2, 0.25) is 0 Å². The average Bonchev–Trinajstić information content (AvgIpc) is 2.73. The number of Topliss-reactive ketones (excluding diaryl/α,β-unsaturated/α-hetero) is 1. The predicted octanol–water partition coefficient (Wildman–Crippen LogP) is 6.47. The molecule has 2 aromatic carbocycles. The molecular weight excluding hydrogens is 652 g/mol. The number of benzene rings is 2. The van der Waals surface area contributed by atoms with Gasteiger partial charge in [0.05, 0.1) is 40.3 Å². The number of hydrogen-bond acceptors (Lipinski definition) is 5. The molecule has 2 unspecified atom stereocenters. The van der Waals surface area contributed by atoms with Gasteiger partial charge in [0.2, 0.25) is 0 Å². The minimum Gasteiger partial charge on any atom is -0.493 e. The fourth-order valence-corrected chi connectivity index (χ4v) is 5.55. The summed E-state index contributed by atoms with van der Waals surface area (Å²) in [5.74, 6) is 1.21. The van der Waals surface area contributed by atoms with E-state index in [9.17, 15) is 4.79 Å². The molecule has 5 nitrogen and oxygen atoms in total. The Morgan fingerprint density at radius 1 is 0.733 bits per heavy atom. The van der Waals surface area contributed by atoms with Crippen molar-refractivity contribution in [3.05, 3.63) is 44.3 Å². The van der Waals surface area contributed by atoms with E-state index in [1.807, 2.05) is 24.3 Å². The molecule has 0 radical (unpaired) electrons. The van der Waals surface area contributed by atoms with E-state index in [1.54, 1.807) is 28.4 Å². The third-order valence-corrected chi connectivity index (χ3v) is 6.90. The molecule has 0 heterocycles. The summed E-state index contributed by atoms with van der Waals surface area (Å²) in [6.07, 6.45) is 0. The van der Waals surface area contributed by atoms with Crippen LogP contribution in [-0.4, -0.2) is 44.9 Å². The summed E-state index contributed by atoms with van der Waals surface area (Å²) in [4.78, 5) is 13.8. The standard InChI is InChI=1S/C21H22Br4O5/c1-27-17-7-11(24)5-13(20(17)29-3)15(9-22)19(26)16(10-23)14-6-12(25)8-18(28-2)21(14)30-4/h5-8,15-16H,9-10H2,1-4H3. The van der Waals surface area contributed by atoms with Crippen molar-refractivity contribution in [2.24, 2.45) is 0 Å². The summed E-state index contributed by atoms with van der Waals surface area (Å²) in [5, 5.41) is 0.831. The largest absolute Gasteiger partial charge is 0.493 e. The van der Waals surface area contributed by atoms with Crippen molar-refractivity contribution in [3.63, 3.8) is 0 Å². The van der Waals surface area contributed by atoms with Gasteiger partial charge in [-0.15, -0.1) is 0 Å². The zero-order valence-electron chi connectivity index (χ0n) is 16.9. The lowest BCUT2D eigenvalue weighted by molar-refractivity contribution is -0.121. The predicted molar refractivity (Wildman–Crippen MR) is 133 cm³/mol. The van der Waals surface area contributed by atoms with Crippen LogP contribution < -0.4 is 18.9 Å². The Bertz CT molecular complexity index is 832. The maximum atomic E-state index is 13.8. The highest BCUT2D eigenvalue weighted by Crippen LogP contribution is 2.44. The summed E-state index contributed by atoms with van der Waals surface area (Å²) in [6.45, 7) is 0. The van der Waals surface area contributed by atoms with Crippen molar-refractivity contribution in [3.8, 4) is 23.0 Å². The molecule has 164 valence electrons. The topological polar surface area (TPSA) is 54.0 Å². The van der Waals surface area contributed by atoms with Gasteiger partial charge in [-0.05, 0) is 24.3 Å². The number of carbonyl (C=O) groups is 1. The molecule has 2 atom stereocenters. The number of methoxy groups -OCH3 is 4. The van der Waals surface area contributed by atoms with Crippen LogP contribution in [0.3, 0.4) is 0 Å². The molecule has 0 N–H and O–H groups in total. The summed E-state index contributed by atoms with van der Waals surface area (Å²) < 4.78 is 23.7. The third kappa shape index (κ3) is 5.34. The number of ketones is 1. The van der Waals surface area contributed by atoms with Gasteiger partial charge in [-0.2, -0.15) is 0 Å². The lowest BCUT2D eigenvalue weighted by Gasteiger charge is -2.25. The second kappa shape index (κ2) is 11.7. The minimum absolute atomic E-state index is 0.000608. The average molecular weight is 674 g/mol. The highest BCUT2D eigenvalue weighted by atomic mass is 79.9. The number of alkyl halides is 2. The molecular formula is C21H22Br4O5. The van der Waals surface area contributed by atoms with Crippen LogP contribution in [-0.2, 0) is 4.79 Å². The Balaban J connectivity index is 2.62. The highest BCUT2D eigenvalue weighted by molar-refractivity contribution is 9.11. The second-order valence-electron chi connectivity index (χ2n) is 6.28. The Hall–Kier alpha value is -0.770. The fourth-order valence-electron chi connectivity index (χ4n) is 3.30. The van der Waals surface area contributed by atoms with Crippen molar-refractivity contribution < 1.29 is 23.7 Å². The number of halogens is 4. The molecule has 0 saturated heterocycles. The molecule has 0 fully saturated rings. The van der Waals surface area contributed by atoms with Crippen molar-refractivity contribution in [1.82, 2.24) is 0 Å². The molecule has 0 spiro atoms. The molecule has 2 rings (SSSR count). The Kier molecular flexibility index (Phi) is 9.97. The second-order valence-corrected chi connectivity index (χ2v) is 9.40. The van der Waals surface area contributed by atoms with E-state index in [0.29, 0.717) is 33.7 Å². The number of rotatable bonds is 10. The summed E-state index contributed by atoms with van der Waals surface area (Å²) in [5.41, 5.74) is 1.47. The quantitative estimate of drug-likeness (QED) is 0.271. The SMILES string of the molecule is COc1cc(Br)cc(C(CBr)C(=O)C(CBr)c2cc(Br)cc(OC)c2OC)c1OC. The molecule has 30 heavy (non-hydrogen) atoms. The van der Waals surface area contributed by atoms with Gasteiger partial charge in [-0.25, -0.2) is 0 Å². The van der Waals surface area contributed by atoms with Crippen molar-refractivity contribution in [1.29, 1.82) is 0 Å². The molecule has 0 amide bonds. The van der Waals surface area contributed by atoms with Gasteiger partial charge in [-0.3, -0.25) is 4.79 Å². The van der Waals surface area contributed by atoms with Gasteiger partial charge in [-0.1, -0.05) is 63.7 Å². The van der Waals surface area contributed by atoms with Crippen LogP contribution >= 0.6 is 63.7 Å². The molecule has 2 aromatic rings. The molecule has 0 aliphatic rings. The van der Waals surface area contributed by atoms with Gasteiger partial charge in [0.15, 0.2) is 23.0 Å². The van der Waals surface area contributed by atoms with E-state index in [2.05, 4.69) is 63.7 Å². The fraction of sp³-hybridized carbons (Fsp3) is 0.381. The first-order valence-corrected chi connectivity index (χ1v) is 12.7. The van der Waals surface area contributed by atoms with Crippen LogP contribution in [0, 0.1) is 0 Å². The van der Waals surface area contributed by atoms with E-state index in [4.69, 9.17) is 18.9 Å². The van der Waals surface area contributed by atoms with Gasteiger partial charge in [0, 0.05) is 30.7 Å². The molecule has 0 saturated carbocycles. The lowest BCUT2D eigenvalue weighted by Crippen LogP contribution is -2.24. The highest BCUT2D eigenvalue weighted by Gasteiger charge is 2.34. The van der Waals surface area contributed by atoms with Gasteiger partial charge >= 0.3 is 0 Å². The first kappa shape index (κ1) is 25.5. The Morgan fingerprint density at radius 2 is 1.10 bits per heavy atom. The van der Waals surface area contributed by atoms with Gasteiger partial charge in [0.25, 0.3) is 0 Å². The molecule has 0 aromatic heterocycles. The van der Waals surface area contributed by atoms with Crippen LogP contribution in [0.25, 0.3) is 0 Å². The van der Waals surface area contributed by atoms with Crippen molar-refractivity contribution in [2.75, 3.05) is 39.1 Å². The first-order chi connectivity index (χ1) is 14.4. The maximum Gasteiger partial charge on any atom is 0.164 e. The van der Waals surface area contributed by atoms with E-state index < -0.39 is 11.8 Å². The van der Waals surface area contributed by atoms with E-state index in [-0.39, 0.29) is 5.78 Å². The lowest BCUT2D eigenvalue weighted by atomic mass is 9.84. The molecule has 0 aliphatic carbocycles. The Labute approximate surface area is 210 Å². The van der Waals surface area contributed by atoms with E-state index in [1.165, 1.54) is 0 Å². The number of carbonyl (C=O) groups excluding carboxylic acids is 1. The number of ether oxygens (including phenoxy) is 4. The van der Waals surface area contributed by atoms with Crippen LogP contribution in [0.5, 0.6) is 23.0 Å². The first-order valence-electron chi connectivity index (χ1n) is 8.85. The van der Waals surface area contributed by atoms with Gasteiger partial charge < -0.3 is 18.9 Å². The van der Waals surface area contributed by atoms with E-state index in [0.717, 1.165) is 20.1 Å². The molecule has 0 aliphatic heterocycles. The van der Waals surface area contributed by atoms with Crippen LogP contribution in [0.4, 0.5) is 0 Å². The van der Waals surface area contributed by atoms with Crippen LogP contribution in [0.1, 0.15) is 23.0 Å². The van der Waals surface area contributed by atoms with Crippen LogP contribution in [0.15, 0.2) is 33.2 Å². The summed E-state index contributed by atoms with van der Waals surface area (Å²) in [7, 11) is 6.27. The Morgan fingerprint density at radius 3 is 1.37 bits per heavy atom. The normalized spacial score (nSPS) is 12.8. The third-order valence-electron chi connectivity index (χ3n) is 4.69. The minimum atomic E-state index is -0.483. The summed E-state index contributed by atoms with van der Waals surface area (Å²) in [6, 6.07) is 7.38. The van der Waals surface area contributed by atoms with Crippen molar-refractivity contribution >= 4 is 69.5 Å². The monoisotopic (exact) mass is 670 g/mol. The van der Waals surface area contributed by atoms with E-state index >= 15 is 0 Å². The van der Waals surface area contributed by atoms with Gasteiger partial charge in [0.1, 0.15) is 5.78 Å². The summed E-state index contributed by atoms with van der Waals surface area (Å²) >= 11 is 14.0. The smallest absolute Gasteiger partial charge is 0.164 e. The number of hydrogen-bond donors (Lipinski definition) is 0. The molecule has 0 bridgehead atoms. The van der Waals surface area contributed by atoms with Crippen molar-refractivity contribution in [2.45, 2.75) is 11.8 Å². The zero-order chi connectivity index (χ0) is 22.4.